The van der Waals surface area contributed by atoms with Gasteiger partial charge in [0, 0.05) is 25.0 Å². The summed E-state index contributed by atoms with van der Waals surface area (Å²) in [5, 5.41) is 30.6. The van der Waals surface area contributed by atoms with Crippen LogP contribution in [0.3, 0.4) is 0 Å². The Kier molecular flexibility index (Phi) is 9.25. The smallest absolute Gasteiger partial charge is 0.253 e. The maximum absolute atomic E-state index is 13.6. The molecule has 0 saturated heterocycles. The van der Waals surface area contributed by atoms with Crippen LogP contribution in [0.15, 0.2) is 66.2 Å². The minimum absolute atomic E-state index is 0.0509. The fourth-order valence-corrected chi connectivity index (χ4v) is 3.80. The van der Waals surface area contributed by atoms with Gasteiger partial charge in [0.15, 0.2) is 11.6 Å². The van der Waals surface area contributed by atoms with Gasteiger partial charge < -0.3 is 34.8 Å². The highest BCUT2D eigenvalue weighted by molar-refractivity contribution is 6.01. The topological polar surface area (TPSA) is 130 Å². The molecule has 0 aromatic heterocycles. The first-order valence-corrected chi connectivity index (χ1v) is 11.4. The Labute approximate surface area is 204 Å². The van der Waals surface area contributed by atoms with E-state index in [2.05, 4.69) is 11.9 Å². The number of methoxy groups -OCH3 is 1. The quantitative estimate of drug-likeness (QED) is 0.252. The van der Waals surface area contributed by atoms with Gasteiger partial charge in [0.1, 0.15) is 11.5 Å². The summed E-state index contributed by atoms with van der Waals surface area (Å²) in [6.07, 6.45) is 1.45. The second-order valence-electron chi connectivity index (χ2n) is 8.09. The highest BCUT2D eigenvalue weighted by Gasteiger charge is 2.52. The lowest BCUT2D eigenvalue weighted by atomic mass is 9.84. The number of nitrogens with zero attached hydrogens (tertiary/aromatic N) is 1. The lowest BCUT2D eigenvalue weighted by molar-refractivity contribution is -0.130. The largest absolute Gasteiger partial charge is 0.497 e. The van der Waals surface area contributed by atoms with Crippen molar-refractivity contribution >= 4 is 11.8 Å². The summed E-state index contributed by atoms with van der Waals surface area (Å²) in [5.41, 5.74) is -0.108. The van der Waals surface area contributed by atoms with Crippen LogP contribution in [0.4, 0.5) is 0 Å². The SMILES string of the molecule is C=CC[C@@]1(C(=O)NC(CO)CO)N=C(c2ccc(OCCCO)cc2)O[C@@H]1c1cccc(OC)c1. The van der Waals surface area contributed by atoms with E-state index in [1.165, 1.54) is 0 Å². The number of aliphatic imine (C=N–C) groups is 1. The second-order valence-corrected chi connectivity index (χ2v) is 8.09. The number of amides is 1. The zero-order chi connectivity index (χ0) is 25.3. The number of benzene rings is 2. The predicted octanol–water partition coefficient (Wildman–Crippen LogP) is 1.76. The molecule has 3 rings (SSSR count). The van der Waals surface area contributed by atoms with E-state index in [1.807, 2.05) is 6.07 Å². The molecule has 0 fully saturated rings. The predicted molar refractivity (Wildman–Crippen MR) is 131 cm³/mol. The number of hydrogen-bond donors (Lipinski definition) is 4. The van der Waals surface area contributed by atoms with Crippen LogP contribution in [0.25, 0.3) is 0 Å². The lowest BCUT2D eigenvalue weighted by Gasteiger charge is -2.31. The molecule has 188 valence electrons. The summed E-state index contributed by atoms with van der Waals surface area (Å²) in [6.45, 7) is 3.41. The van der Waals surface area contributed by atoms with Crippen molar-refractivity contribution in [3.05, 3.63) is 72.3 Å². The molecule has 1 aliphatic rings. The Bertz CT molecular complexity index is 1020. The van der Waals surface area contributed by atoms with Gasteiger partial charge in [-0.2, -0.15) is 0 Å². The molecule has 0 bridgehead atoms. The van der Waals surface area contributed by atoms with Gasteiger partial charge in [-0.05, 0) is 42.0 Å². The number of aliphatic hydroxyl groups excluding tert-OH is 3. The highest BCUT2D eigenvalue weighted by Crippen LogP contribution is 2.43. The normalized spacial score (nSPS) is 19.1. The van der Waals surface area contributed by atoms with E-state index >= 15 is 0 Å². The van der Waals surface area contributed by atoms with Crippen molar-refractivity contribution in [3.8, 4) is 11.5 Å². The van der Waals surface area contributed by atoms with Gasteiger partial charge in [-0.25, -0.2) is 4.99 Å². The molecule has 0 saturated carbocycles. The van der Waals surface area contributed by atoms with Crippen LogP contribution in [-0.2, 0) is 9.53 Å². The Morgan fingerprint density at radius 1 is 1.20 bits per heavy atom. The molecular formula is C26H32N2O7. The molecule has 1 aliphatic heterocycles. The van der Waals surface area contributed by atoms with Gasteiger partial charge in [0.25, 0.3) is 5.91 Å². The van der Waals surface area contributed by atoms with Crippen LogP contribution in [-0.4, -0.2) is 72.2 Å². The van der Waals surface area contributed by atoms with E-state index in [0.717, 1.165) is 0 Å². The Hall–Kier alpha value is -3.40. The van der Waals surface area contributed by atoms with Gasteiger partial charge in [0.2, 0.25) is 5.90 Å². The Balaban J connectivity index is 2.01. The van der Waals surface area contributed by atoms with Gasteiger partial charge >= 0.3 is 0 Å². The average Bonchev–Trinajstić information content (AvgIpc) is 3.28. The van der Waals surface area contributed by atoms with Crippen LogP contribution in [0.1, 0.15) is 30.1 Å². The zero-order valence-electron chi connectivity index (χ0n) is 19.7. The molecule has 4 N–H and O–H groups in total. The molecule has 35 heavy (non-hydrogen) atoms. The van der Waals surface area contributed by atoms with Crippen molar-refractivity contribution in [2.45, 2.75) is 30.5 Å². The maximum Gasteiger partial charge on any atom is 0.253 e. The zero-order valence-corrected chi connectivity index (χ0v) is 19.7. The Morgan fingerprint density at radius 3 is 2.57 bits per heavy atom. The van der Waals surface area contributed by atoms with Crippen LogP contribution < -0.4 is 14.8 Å². The molecule has 2 aromatic carbocycles. The molecule has 0 spiro atoms. The van der Waals surface area contributed by atoms with Crippen molar-refractivity contribution in [3.63, 3.8) is 0 Å². The van der Waals surface area contributed by atoms with Crippen molar-refractivity contribution in [1.29, 1.82) is 0 Å². The van der Waals surface area contributed by atoms with Crippen molar-refractivity contribution in [2.24, 2.45) is 4.99 Å². The third kappa shape index (κ3) is 6.00. The van der Waals surface area contributed by atoms with Gasteiger partial charge in [-0.3, -0.25) is 4.79 Å². The highest BCUT2D eigenvalue weighted by atomic mass is 16.5. The number of hydrogen-bond acceptors (Lipinski definition) is 8. The molecule has 2 aromatic rings. The number of carbonyl (C=O) groups is 1. The van der Waals surface area contributed by atoms with Crippen LogP contribution in [0.5, 0.6) is 11.5 Å². The van der Waals surface area contributed by atoms with E-state index in [9.17, 15) is 15.0 Å². The Morgan fingerprint density at radius 2 is 1.94 bits per heavy atom. The van der Waals surface area contributed by atoms with Crippen molar-refractivity contribution in [1.82, 2.24) is 5.32 Å². The molecular weight excluding hydrogens is 452 g/mol. The number of carbonyl (C=O) groups excluding carboxylic acids is 1. The summed E-state index contributed by atoms with van der Waals surface area (Å²) < 4.78 is 17.2. The van der Waals surface area contributed by atoms with E-state index in [4.69, 9.17) is 24.3 Å². The molecule has 9 heteroatoms. The van der Waals surface area contributed by atoms with Crippen molar-refractivity contribution < 1.29 is 34.3 Å². The molecule has 9 nitrogen and oxygen atoms in total. The molecule has 1 amide bonds. The number of rotatable bonds is 13. The summed E-state index contributed by atoms with van der Waals surface area (Å²) in [6, 6.07) is 13.4. The molecule has 0 radical (unpaired) electrons. The summed E-state index contributed by atoms with van der Waals surface area (Å²) >= 11 is 0. The number of ether oxygens (including phenoxy) is 3. The van der Waals surface area contributed by atoms with Crippen LogP contribution in [0.2, 0.25) is 0 Å². The van der Waals surface area contributed by atoms with E-state index in [-0.39, 0.29) is 18.9 Å². The third-order valence-corrected chi connectivity index (χ3v) is 5.66. The summed E-state index contributed by atoms with van der Waals surface area (Å²) in [4.78, 5) is 18.3. The first-order chi connectivity index (χ1) is 17.0. The molecule has 0 unspecified atom stereocenters. The van der Waals surface area contributed by atoms with Crippen LogP contribution >= 0.6 is 0 Å². The fraction of sp³-hybridized carbons (Fsp3) is 0.385. The number of nitrogens with one attached hydrogen (secondary N) is 1. The molecule has 1 heterocycles. The molecule has 0 aliphatic carbocycles. The minimum atomic E-state index is -1.43. The first-order valence-electron chi connectivity index (χ1n) is 11.4. The summed E-state index contributed by atoms with van der Waals surface area (Å²) in [7, 11) is 1.55. The average molecular weight is 485 g/mol. The first kappa shape index (κ1) is 26.2. The lowest BCUT2D eigenvalue weighted by Crippen LogP contribution is -2.53. The summed E-state index contributed by atoms with van der Waals surface area (Å²) in [5.74, 6) is 0.993. The van der Waals surface area contributed by atoms with Gasteiger partial charge in [-0.1, -0.05) is 18.2 Å². The maximum atomic E-state index is 13.6. The third-order valence-electron chi connectivity index (χ3n) is 5.66. The minimum Gasteiger partial charge on any atom is -0.497 e. The van der Waals surface area contributed by atoms with E-state index in [0.29, 0.717) is 35.7 Å². The van der Waals surface area contributed by atoms with E-state index < -0.39 is 36.8 Å². The van der Waals surface area contributed by atoms with Crippen LogP contribution in [0, 0.1) is 0 Å². The van der Waals surface area contributed by atoms with Gasteiger partial charge in [0.05, 0.1) is 33.0 Å². The van der Waals surface area contributed by atoms with Gasteiger partial charge in [-0.15, -0.1) is 6.58 Å². The fourth-order valence-electron chi connectivity index (χ4n) is 3.80. The monoisotopic (exact) mass is 484 g/mol. The number of aliphatic hydroxyl groups is 3. The van der Waals surface area contributed by atoms with Crippen molar-refractivity contribution in [2.75, 3.05) is 33.5 Å². The molecule has 2 atom stereocenters. The van der Waals surface area contributed by atoms with E-state index in [1.54, 1.807) is 55.7 Å². The second kappa shape index (κ2) is 12.3. The standard InChI is InChI=1S/C26H32N2O7/c1-3-12-26(25(32)27-20(16-30)17-31)23(19-6-4-7-22(15-19)33-2)35-24(28-26)18-8-10-21(11-9-18)34-14-5-13-29/h3-4,6-11,15,20,23,29-31H,1,5,12-14,16-17H2,2H3,(H,27,32)/t23-,26-/m1/s1.